The van der Waals surface area contributed by atoms with Gasteiger partial charge in [0, 0.05) is 57.2 Å². The Morgan fingerprint density at radius 3 is 2.56 bits per heavy atom. The number of nitrogens with zero attached hydrogens (tertiary/aromatic N) is 8. The first-order chi connectivity index (χ1) is 29.6. The van der Waals surface area contributed by atoms with E-state index >= 15 is 0 Å². The number of rotatable bonds is 13. The summed E-state index contributed by atoms with van der Waals surface area (Å²) in [4.78, 5) is 65.7. The Morgan fingerprint density at radius 2 is 1.80 bits per heavy atom. The fourth-order valence-corrected chi connectivity index (χ4v) is 9.50. The lowest BCUT2D eigenvalue weighted by molar-refractivity contribution is -0.135. The summed E-state index contributed by atoms with van der Waals surface area (Å²) >= 11 is 0. The maximum Gasteiger partial charge on any atom is 0.329 e. The highest BCUT2D eigenvalue weighted by Crippen LogP contribution is 2.39. The molecule has 2 fully saturated rings. The molecule has 0 bridgehead atoms. The van der Waals surface area contributed by atoms with Crippen LogP contribution in [0.15, 0.2) is 81.8 Å². The molecule has 5 aromatic rings. The smallest absolute Gasteiger partial charge is 0.329 e. The number of piperazine rings is 1. The average Bonchev–Trinajstić information content (AvgIpc) is 3.85. The molecule has 1 aliphatic carbocycles. The van der Waals surface area contributed by atoms with Crippen molar-refractivity contribution in [3.63, 3.8) is 0 Å². The van der Waals surface area contributed by atoms with E-state index in [0.717, 1.165) is 91.9 Å². The molecule has 0 saturated carbocycles. The molecule has 3 atom stereocenters. The Labute approximate surface area is 353 Å². The van der Waals surface area contributed by atoms with E-state index in [1.165, 1.54) is 0 Å². The van der Waals surface area contributed by atoms with E-state index < -0.39 is 23.8 Å². The van der Waals surface area contributed by atoms with Crippen LogP contribution in [0, 0.1) is 0 Å². The number of aliphatic hydroxyl groups is 1. The number of para-hydroxylation sites is 1. The van der Waals surface area contributed by atoms with E-state index in [1.54, 1.807) is 37.8 Å². The van der Waals surface area contributed by atoms with E-state index in [2.05, 4.69) is 55.5 Å². The van der Waals surface area contributed by atoms with Gasteiger partial charge in [-0.25, -0.2) is 24.1 Å². The van der Waals surface area contributed by atoms with Crippen LogP contribution >= 0.6 is 0 Å². The fraction of sp³-hybridized carbons (Fsp3) is 0.422. The van der Waals surface area contributed by atoms with Crippen molar-refractivity contribution >= 4 is 46.3 Å². The minimum absolute atomic E-state index is 0.203. The highest BCUT2D eigenvalue weighted by molar-refractivity contribution is 6.00. The summed E-state index contributed by atoms with van der Waals surface area (Å²) in [6.07, 6.45) is 8.07. The average molecular weight is 828 g/mol. The Kier molecular flexibility index (Phi) is 10.7. The molecule has 0 spiro atoms. The zero-order valence-corrected chi connectivity index (χ0v) is 34.8. The van der Waals surface area contributed by atoms with Crippen molar-refractivity contribution in [2.75, 3.05) is 48.3 Å². The number of allylic oxidation sites excluding steroid dienone is 1. The summed E-state index contributed by atoms with van der Waals surface area (Å²) in [6, 6.07) is 17.4. The number of fused-ring (bicyclic) bond motifs is 3. The van der Waals surface area contributed by atoms with Gasteiger partial charge in [-0.05, 0) is 99.0 Å². The predicted molar refractivity (Wildman–Crippen MR) is 236 cm³/mol. The molecule has 16 nitrogen and oxygen atoms in total. The summed E-state index contributed by atoms with van der Waals surface area (Å²) < 4.78 is 6.54. The number of imide groups is 1. The van der Waals surface area contributed by atoms with Crippen LogP contribution in [0.25, 0.3) is 16.9 Å². The molecule has 4 aliphatic rings. The second-order valence-electron chi connectivity index (χ2n) is 16.6. The third kappa shape index (κ3) is 7.37. The standard InChI is InChI=1S/C45H53N11O5/c1-4-22-54-42(59)33-28-46-43(50-40(33)56(54)36-18-12-30-20-21-45(61,5-2)39(30)48-36)47-31-13-15-32(16-14-31)53-26-24-52(25-27-53)23-7-6-9-29-10-8-11-34-38(29)51(3)44(60)55(34)35-17-19-37(57)49-41(35)58/h4,8,10-16,18,28,35,43,47,50,61H,1,5-7,9,17,19-27H2,2-3H3,(H,49,57,58)/t35?,43?,45-/m1/s1. The number of benzene rings is 2. The molecule has 61 heavy (non-hydrogen) atoms. The minimum atomic E-state index is -0.984. The third-order valence-corrected chi connectivity index (χ3v) is 12.9. The number of nitrogens with one attached hydrogen (secondary N) is 3. The molecule has 0 radical (unpaired) electrons. The second kappa shape index (κ2) is 16.3. The van der Waals surface area contributed by atoms with E-state index in [-0.39, 0.29) is 30.1 Å². The predicted octanol–water partition coefficient (Wildman–Crippen LogP) is 3.78. The van der Waals surface area contributed by atoms with Crippen LogP contribution in [0.5, 0.6) is 0 Å². The van der Waals surface area contributed by atoms with Gasteiger partial charge < -0.3 is 20.6 Å². The van der Waals surface area contributed by atoms with Crippen LogP contribution in [-0.4, -0.2) is 90.5 Å². The Morgan fingerprint density at radius 1 is 1.00 bits per heavy atom. The van der Waals surface area contributed by atoms with Crippen molar-refractivity contribution < 1.29 is 14.7 Å². The van der Waals surface area contributed by atoms with Crippen molar-refractivity contribution in [1.82, 2.24) is 33.7 Å². The molecule has 16 heteroatoms. The number of pyridine rings is 1. The van der Waals surface area contributed by atoms with E-state index in [9.17, 15) is 24.3 Å². The van der Waals surface area contributed by atoms with Crippen molar-refractivity contribution in [3.8, 4) is 5.82 Å². The highest BCUT2D eigenvalue weighted by atomic mass is 16.3. The topological polar surface area (TPSA) is 176 Å². The van der Waals surface area contributed by atoms with E-state index in [4.69, 9.17) is 4.98 Å². The lowest BCUT2D eigenvalue weighted by Crippen LogP contribution is -2.46. The number of amides is 2. The maximum atomic E-state index is 13.6. The summed E-state index contributed by atoms with van der Waals surface area (Å²) in [5, 5.41) is 20.5. The number of aromatic nitrogens is 5. The van der Waals surface area contributed by atoms with E-state index in [0.29, 0.717) is 42.2 Å². The fourth-order valence-electron chi connectivity index (χ4n) is 9.50. The molecule has 3 aliphatic heterocycles. The second-order valence-corrected chi connectivity index (χ2v) is 16.6. The Balaban J connectivity index is 0.788. The molecular weight excluding hydrogens is 775 g/mol. The first kappa shape index (κ1) is 40.2. The first-order valence-electron chi connectivity index (χ1n) is 21.4. The third-order valence-electron chi connectivity index (χ3n) is 12.9. The van der Waals surface area contributed by atoms with Crippen LogP contribution in [0.1, 0.15) is 73.9 Å². The normalized spacial score (nSPS) is 21.3. The number of unbranched alkanes of at least 4 members (excludes halogenated alkanes) is 1. The van der Waals surface area contributed by atoms with Gasteiger partial charge in [0.15, 0.2) is 12.1 Å². The van der Waals surface area contributed by atoms with Crippen LogP contribution in [0.3, 0.4) is 0 Å². The van der Waals surface area contributed by atoms with Gasteiger partial charge in [0.25, 0.3) is 5.56 Å². The summed E-state index contributed by atoms with van der Waals surface area (Å²) in [6.45, 7) is 10.9. The lowest BCUT2D eigenvalue weighted by atomic mass is 9.98. The zero-order valence-electron chi connectivity index (χ0n) is 34.8. The Bertz CT molecular complexity index is 2670. The number of carbonyl (C=O) groups excluding carboxylic acids is 2. The number of piperidine rings is 1. The van der Waals surface area contributed by atoms with Gasteiger partial charge in [0.1, 0.15) is 23.0 Å². The molecule has 2 aromatic carbocycles. The van der Waals surface area contributed by atoms with Crippen LogP contribution in [-0.2, 0) is 41.6 Å². The molecule has 9 rings (SSSR count). The monoisotopic (exact) mass is 827 g/mol. The number of anilines is 3. The summed E-state index contributed by atoms with van der Waals surface area (Å²) in [7, 11) is 1.75. The van der Waals surface area contributed by atoms with Gasteiger partial charge in [-0.15, -0.1) is 6.58 Å². The number of hydrogen-bond acceptors (Lipinski definition) is 11. The molecule has 6 heterocycles. The first-order valence-corrected chi connectivity index (χ1v) is 21.4. The van der Waals surface area contributed by atoms with Gasteiger partial charge in [-0.3, -0.25) is 33.7 Å². The molecule has 318 valence electrons. The number of imidazole rings is 1. The molecule has 2 amide bonds. The number of aliphatic imine (C=N–C) groups is 1. The number of aryl methyl sites for hydroxylation is 3. The molecule has 3 aromatic heterocycles. The van der Waals surface area contributed by atoms with Gasteiger partial charge in [0.2, 0.25) is 11.8 Å². The van der Waals surface area contributed by atoms with Crippen molar-refractivity contribution in [2.45, 2.75) is 82.8 Å². The van der Waals surface area contributed by atoms with Crippen molar-refractivity contribution in [2.24, 2.45) is 12.0 Å². The number of hydrogen-bond donors (Lipinski definition) is 4. The Hall–Kier alpha value is -6.26. The number of carbonyl (C=O) groups is 2. The van der Waals surface area contributed by atoms with Crippen LogP contribution in [0.4, 0.5) is 17.2 Å². The van der Waals surface area contributed by atoms with Gasteiger partial charge >= 0.3 is 5.69 Å². The molecule has 4 N–H and O–H groups in total. The molecule has 2 saturated heterocycles. The van der Waals surface area contributed by atoms with Gasteiger partial charge in [-0.1, -0.05) is 31.2 Å². The van der Waals surface area contributed by atoms with Crippen LogP contribution < -0.4 is 32.1 Å². The van der Waals surface area contributed by atoms with Gasteiger partial charge in [-0.2, -0.15) is 0 Å². The zero-order chi connectivity index (χ0) is 42.4. The molecular formula is C45H53N11O5. The highest BCUT2D eigenvalue weighted by Gasteiger charge is 2.38. The van der Waals surface area contributed by atoms with Crippen LogP contribution in [0.2, 0.25) is 0 Å². The molecule has 2 unspecified atom stereocenters. The SMILES string of the molecule is C=CCn1c(=O)c2c(n1-c1ccc3c(n1)[C@@](O)(CC)CC3)NC(Nc1ccc(N3CCN(CCCCc4cccc5c4n(C)c(=O)n5C4CCC(=O)NC4=O)CC3)cc1)N=C2. The van der Waals surface area contributed by atoms with E-state index in [1.807, 2.05) is 43.3 Å². The minimum Gasteiger partial charge on any atom is -0.384 e. The van der Waals surface area contributed by atoms with Crippen molar-refractivity contribution in [1.29, 1.82) is 0 Å². The summed E-state index contributed by atoms with van der Waals surface area (Å²) in [5.74, 6) is 0.399. The van der Waals surface area contributed by atoms with Gasteiger partial charge in [0.05, 0.1) is 23.3 Å². The summed E-state index contributed by atoms with van der Waals surface area (Å²) in [5.41, 5.74) is 5.42. The lowest BCUT2D eigenvalue weighted by Gasteiger charge is -2.36. The quantitative estimate of drug-likeness (QED) is 0.0777. The maximum absolute atomic E-state index is 13.6. The largest absolute Gasteiger partial charge is 0.384 e. The van der Waals surface area contributed by atoms with Crippen molar-refractivity contribution in [3.05, 3.63) is 110 Å².